The number of fused-ring (bicyclic) bond motifs is 1. The molecule has 1 aromatic rings. The van der Waals surface area contributed by atoms with Crippen LogP contribution in [-0.2, 0) is 17.8 Å². The molecule has 0 saturated heterocycles. The molecule has 2 rings (SSSR count). The molecule has 0 aliphatic carbocycles. The van der Waals surface area contributed by atoms with E-state index in [9.17, 15) is 4.79 Å². The Morgan fingerprint density at radius 3 is 3.00 bits per heavy atom. The van der Waals surface area contributed by atoms with E-state index in [2.05, 4.69) is 22.8 Å². The van der Waals surface area contributed by atoms with Gasteiger partial charge in [0.2, 0.25) is 5.91 Å². The van der Waals surface area contributed by atoms with Crippen molar-refractivity contribution in [3.8, 4) is 5.75 Å². The van der Waals surface area contributed by atoms with Crippen molar-refractivity contribution in [2.45, 2.75) is 26.8 Å². The van der Waals surface area contributed by atoms with Crippen LogP contribution in [0.1, 0.15) is 25.0 Å². The van der Waals surface area contributed by atoms with E-state index in [1.165, 1.54) is 11.1 Å². The van der Waals surface area contributed by atoms with Gasteiger partial charge in [-0.05, 0) is 17.2 Å². The summed E-state index contributed by atoms with van der Waals surface area (Å²) >= 11 is 0. The zero-order chi connectivity index (χ0) is 13.7. The highest BCUT2D eigenvalue weighted by Crippen LogP contribution is 2.25. The molecule has 4 heteroatoms. The molecular formula is C15H22N2O2. The minimum absolute atomic E-state index is 0.0525. The fourth-order valence-corrected chi connectivity index (χ4v) is 2.06. The second-order valence-corrected chi connectivity index (χ2v) is 5.16. The Balaban J connectivity index is 1.67. The normalized spacial score (nSPS) is 13.2. The second-order valence-electron chi connectivity index (χ2n) is 5.16. The Kier molecular flexibility index (Phi) is 4.80. The molecule has 4 nitrogen and oxygen atoms in total. The molecule has 0 atom stereocenters. The molecule has 1 aliphatic heterocycles. The molecular weight excluding hydrogens is 240 g/mol. The van der Waals surface area contributed by atoms with Crippen LogP contribution >= 0.6 is 0 Å². The van der Waals surface area contributed by atoms with Gasteiger partial charge in [0, 0.05) is 32.0 Å². The number of benzene rings is 1. The van der Waals surface area contributed by atoms with Gasteiger partial charge in [-0.2, -0.15) is 0 Å². The van der Waals surface area contributed by atoms with Crippen LogP contribution in [0.2, 0.25) is 0 Å². The van der Waals surface area contributed by atoms with E-state index in [0.717, 1.165) is 31.9 Å². The van der Waals surface area contributed by atoms with Gasteiger partial charge in [-0.1, -0.05) is 26.0 Å². The summed E-state index contributed by atoms with van der Waals surface area (Å²) in [5.41, 5.74) is 2.56. The number of nitrogens with one attached hydrogen (secondary N) is 2. The van der Waals surface area contributed by atoms with Crippen molar-refractivity contribution in [1.29, 1.82) is 0 Å². The first-order valence-electron chi connectivity index (χ1n) is 6.90. The summed E-state index contributed by atoms with van der Waals surface area (Å²) < 4.78 is 5.48. The standard InChI is InChI=1S/C15H22N2O2/c1-11(2)15(18)17-7-6-16-10-12-3-4-14-13(9-12)5-8-19-14/h3-4,9,11,16H,5-8,10H2,1-2H3,(H,17,18). The van der Waals surface area contributed by atoms with Gasteiger partial charge in [0.15, 0.2) is 0 Å². The average molecular weight is 262 g/mol. The van der Waals surface area contributed by atoms with Crippen LogP contribution in [0.4, 0.5) is 0 Å². The number of rotatable bonds is 6. The van der Waals surface area contributed by atoms with Crippen LogP contribution in [0, 0.1) is 5.92 Å². The molecule has 0 aromatic heterocycles. The van der Waals surface area contributed by atoms with E-state index in [-0.39, 0.29) is 11.8 Å². The number of carbonyl (C=O) groups is 1. The van der Waals surface area contributed by atoms with E-state index in [1.54, 1.807) is 0 Å². The van der Waals surface area contributed by atoms with E-state index in [0.29, 0.717) is 6.54 Å². The Hall–Kier alpha value is -1.55. The topological polar surface area (TPSA) is 50.4 Å². The number of hydrogen-bond donors (Lipinski definition) is 2. The second kappa shape index (κ2) is 6.57. The number of amides is 1. The molecule has 1 aromatic carbocycles. The first-order valence-corrected chi connectivity index (χ1v) is 6.90. The molecule has 1 heterocycles. The molecule has 0 saturated carbocycles. The fourth-order valence-electron chi connectivity index (χ4n) is 2.06. The average Bonchev–Trinajstić information content (AvgIpc) is 2.85. The lowest BCUT2D eigenvalue weighted by Crippen LogP contribution is -2.34. The largest absolute Gasteiger partial charge is 0.493 e. The van der Waals surface area contributed by atoms with Crippen molar-refractivity contribution in [3.63, 3.8) is 0 Å². The molecule has 0 fully saturated rings. The zero-order valence-corrected chi connectivity index (χ0v) is 11.7. The van der Waals surface area contributed by atoms with Gasteiger partial charge in [-0.15, -0.1) is 0 Å². The van der Waals surface area contributed by atoms with Crippen molar-refractivity contribution in [2.24, 2.45) is 5.92 Å². The predicted molar refractivity (Wildman–Crippen MR) is 75.2 cm³/mol. The fraction of sp³-hybridized carbons (Fsp3) is 0.533. The summed E-state index contributed by atoms with van der Waals surface area (Å²) in [6.07, 6.45) is 1.01. The summed E-state index contributed by atoms with van der Waals surface area (Å²) in [6.45, 7) is 6.88. The SMILES string of the molecule is CC(C)C(=O)NCCNCc1ccc2c(c1)CCO2. The molecule has 2 N–H and O–H groups in total. The Labute approximate surface area is 114 Å². The van der Waals surface area contributed by atoms with Crippen LogP contribution in [0.3, 0.4) is 0 Å². The predicted octanol–water partition coefficient (Wildman–Crippen LogP) is 1.48. The van der Waals surface area contributed by atoms with Crippen LogP contribution < -0.4 is 15.4 Å². The zero-order valence-electron chi connectivity index (χ0n) is 11.7. The summed E-state index contributed by atoms with van der Waals surface area (Å²) in [6, 6.07) is 6.33. The number of hydrogen-bond acceptors (Lipinski definition) is 3. The Bertz CT molecular complexity index is 444. The van der Waals surface area contributed by atoms with Gasteiger partial charge in [-0.25, -0.2) is 0 Å². The number of ether oxygens (including phenoxy) is 1. The maximum absolute atomic E-state index is 11.4. The van der Waals surface area contributed by atoms with E-state index >= 15 is 0 Å². The van der Waals surface area contributed by atoms with Crippen molar-refractivity contribution >= 4 is 5.91 Å². The Morgan fingerprint density at radius 2 is 2.21 bits per heavy atom. The molecule has 19 heavy (non-hydrogen) atoms. The molecule has 1 aliphatic rings. The third-order valence-electron chi connectivity index (χ3n) is 3.21. The van der Waals surface area contributed by atoms with Crippen molar-refractivity contribution < 1.29 is 9.53 Å². The van der Waals surface area contributed by atoms with E-state index in [4.69, 9.17) is 4.74 Å². The monoisotopic (exact) mass is 262 g/mol. The summed E-state index contributed by atoms with van der Waals surface area (Å²) in [4.78, 5) is 11.4. The van der Waals surface area contributed by atoms with Crippen LogP contribution in [0.15, 0.2) is 18.2 Å². The number of carbonyl (C=O) groups excluding carboxylic acids is 1. The third kappa shape index (κ3) is 3.96. The lowest BCUT2D eigenvalue weighted by Gasteiger charge is -2.09. The smallest absolute Gasteiger partial charge is 0.222 e. The maximum Gasteiger partial charge on any atom is 0.222 e. The quantitative estimate of drug-likeness (QED) is 0.764. The van der Waals surface area contributed by atoms with Gasteiger partial charge < -0.3 is 15.4 Å². The molecule has 0 unspecified atom stereocenters. The van der Waals surface area contributed by atoms with E-state index < -0.39 is 0 Å². The highest BCUT2D eigenvalue weighted by atomic mass is 16.5. The van der Waals surface area contributed by atoms with Crippen molar-refractivity contribution in [1.82, 2.24) is 10.6 Å². The van der Waals surface area contributed by atoms with Crippen LogP contribution in [-0.4, -0.2) is 25.6 Å². The van der Waals surface area contributed by atoms with Crippen molar-refractivity contribution in [3.05, 3.63) is 29.3 Å². The van der Waals surface area contributed by atoms with Crippen LogP contribution in [0.5, 0.6) is 5.75 Å². The highest BCUT2D eigenvalue weighted by molar-refractivity contribution is 5.77. The van der Waals surface area contributed by atoms with Crippen molar-refractivity contribution in [2.75, 3.05) is 19.7 Å². The molecule has 0 spiro atoms. The summed E-state index contributed by atoms with van der Waals surface area (Å²) in [5.74, 6) is 1.18. The van der Waals surface area contributed by atoms with Gasteiger partial charge in [0.05, 0.1) is 6.61 Å². The summed E-state index contributed by atoms with van der Waals surface area (Å²) in [7, 11) is 0. The van der Waals surface area contributed by atoms with Crippen LogP contribution in [0.25, 0.3) is 0 Å². The first kappa shape index (κ1) is 13.9. The molecule has 0 bridgehead atoms. The van der Waals surface area contributed by atoms with Gasteiger partial charge in [0.25, 0.3) is 0 Å². The van der Waals surface area contributed by atoms with E-state index in [1.807, 2.05) is 19.9 Å². The molecule has 104 valence electrons. The first-order chi connectivity index (χ1) is 9.16. The van der Waals surface area contributed by atoms with Gasteiger partial charge in [-0.3, -0.25) is 4.79 Å². The van der Waals surface area contributed by atoms with Gasteiger partial charge in [0.1, 0.15) is 5.75 Å². The molecule has 0 radical (unpaired) electrons. The van der Waals surface area contributed by atoms with Gasteiger partial charge >= 0.3 is 0 Å². The summed E-state index contributed by atoms with van der Waals surface area (Å²) in [5, 5.41) is 6.22. The maximum atomic E-state index is 11.4. The highest BCUT2D eigenvalue weighted by Gasteiger charge is 2.11. The molecule has 1 amide bonds. The lowest BCUT2D eigenvalue weighted by atomic mass is 10.1. The Morgan fingerprint density at radius 1 is 1.37 bits per heavy atom. The minimum Gasteiger partial charge on any atom is -0.493 e. The lowest BCUT2D eigenvalue weighted by molar-refractivity contribution is -0.123. The third-order valence-corrected chi connectivity index (χ3v) is 3.21. The minimum atomic E-state index is 0.0525.